The molecule has 0 saturated carbocycles. The quantitative estimate of drug-likeness (QED) is 0.203. The zero-order chi connectivity index (χ0) is 32.4. The van der Waals surface area contributed by atoms with Gasteiger partial charge >= 0.3 is 5.97 Å². The van der Waals surface area contributed by atoms with E-state index in [0.29, 0.717) is 12.2 Å². The molecule has 3 rings (SSSR count). The Balaban J connectivity index is 1.66. The van der Waals surface area contributed by atoms with Gasteiger partial charge in [0.05, 0.1) is 34.8 Å². The summed E-state index contributed by atoms with van der Waals surface area (Å²) in [4.78, 5) is 52.3. The molecule has 0 aliphatic carbocycles. The molecule has 15 heteroatoms. The molecule has 1 heterocycles. The zero-order valence-electron chi connectivity index (χ0n) is 24.0. The van der Waals surface area contributed by atoms with Gasteiger partial charge in [-0.2, -0.15) is 0 Å². The average Bonchev–Trinajstić information content (AvgIpc) is 2.98. The van der Waals surface area contributed by atoms with Crippen LogP contribution < -0.4 is 24.8 Å². The standard InChI is InChI=1S/C29H31ClN4O9S/c1-17(2)16-43-24-12-19(14-32-26(24)29(39)33-15-25(35)36)27(37)34-44(40,41)21-7-4-18(5-8-21)10-11-31-28(38)22-13-20(42-3)6-9-23(22)30/h4-9,12-14,17H,10-11,15-16H2,1-3H3,(H,31,38)(H,33,39)(H,34,37)(H,35,36). The molecule has 0 radical (unpaired) electrons. The molecule has 0 unspecified atom stereocenters. The lowest BCUT2D eigenvalue weighted by molar-refractivity contribution is -0.135. The van der Waals surface area contributed by atoms with Crippen molar-refractivity contribution >= 4 is 45.3 Å². The second-order valence-electron chi connectivity index (χ2n) is 9.78. The first-order valence-corrected chi connectivity index (χ1v) is 15.1. The molecule has 0 aliphatic rings. The Labute approximate surface area is 259 Å². The summed E-state index contributed by atoms with van der Waals surface area (Å²) in [6, 6.07) is 11.6. The molecule has 0 spiro atoms. The second kappa shape index (κ2) is 15.2. The van der Waals surface area contributed by atoms with Crippen LogP contribution in [0.2, 0.25) is 5.02 Å². The van der Waals surface area contributed by atoms with Gasteiger partial charge < -0.3 is 25.2 Å². The van der Waals surface area contributed by atoms with Gasteiger partial charge in [-0.05, 0) is 54.3 Å². The fourth-order valence-corrected chi connectivity index (χ4v) is 4.82. The number of hydrogen-bond donors (Lipinski definition) is 4. The van der Waals surface area contributed by atoms with Crippen molar-refractivity contribution in [2.45, 2.75) is 25.2 Å². The van der Waals surface area contributed by atoms with Gasteiger partial charge in [0.25, 0.3) is 27.7 Å². The van der Waals surface area contributed by atoms with Crippen molar-refractivity contribution in [3.05, 3.63) is 82.1 Å². The van der Waals surface area contributed by atoms with Crippen LogP contribution in [0.3, 0.4) is 0 Å². The van der Waals surface area contributed by atoms with Crippen molar-refractivity contribution in [2.75, 3.05) is 26.8 Å². The maximum atomic E-state index is 12.9. The summed E-state index contributed by atoms with van der Waals surface area (Å²) in [5.41, 5.74) is 0.517. The second-order valence-corrected chi connectivity index (χ2v) is 11.9. The first-order chi connectivity index (χ1) is 20.8. The fraction of sp³-hybridized carbons (Fsp3) is 0.276. The number of aliphatic carboxylic acids is 1. The van der Waals surface area contributed by atoms with E-state index in [2.05, 4.69) is 15.6 Å². The summed E-state index contributed by atoms with van der Waals surface area (Å²) in [5.74, 6) is -3.11. The number of rotatable bonds is 14. The van der Waals surface area contributed by atoms with Crippen LogP contribution in [0.4, 0.5) is 0 Å². The monoisotopic (exact) mass is 646 g/mol. The number of carbonyl (C=O) groups excluding carboxylic acids is 3. The Morgan fingerprint density at radius 1 is 0.977 bits per heavy atom. The van der Waals surface area contributed by atoms with E-state index in [1.165, 1.54) is 25.3 Å². The Bertz CT molecular complexity index is 1640. The number of carboxylic acids is 1. The average molecular weight is 647 g/mol. The highest BCUT2D eigenvalue weighted by molar-refractivity contribution is 7.90. The molecule has 3 amide bonds. The lowest BCUT2D eigenvalue weighted by Gasteiger charge is -2.14. The molecule has 0 fully saturated rings. The Morgan fingerprint density at radius 2 is 1.68 bits per heavy atom. The number of hydrogen-bond acceptors (Lipinski definition) is 9. The first kappa shape index (κ1) is 33.8. The van der Waals surface area contributed by atoms with Crippen LogP contribution in [0.5, 0.6) is 11.5 Å². The summed E-state index contributed by atoms with van der Waals surface area (Å²) in [5, 5.41) is 14.0. The van der Waals surface area contributed by atoms with Crippen LogP contribution in [0.1, 0.15) is 50.6 Å². The number of nitrogens with zero attached hydrogens (tertiary/aromatic N) is 1. The van der Waals surface area contributed by atoms with Crippen LogP contribution in [-0.4, -0.2) is 69.0 Å². The zero-order valence-corrected chi connectivity index (χ0v) is 25.6. The van der Waals surface area contributed by atoms with Gasteiger partial charge in [0.15, 0.2) is 11.4 Å². The summed E-state index contributed by atoms with van der Waals surface area (Å²) in [6.45, 7) is 3.43. The van der Waals surface area contributed by atoms with Crippen molar-refractivity contribution in [1.82, 2.24) is 20.3 Å². The van der Waals surface area contributed by atoms with Crippen LogP contribution in [-0.2, 0) is 21.2 Å². The van der Waals surface area contributed by atoms with Gasteiger partial charge in [-0.3, -0.25) is 19.2 Å². The number of nitrogens with one attached hydrogen (secondary N) is 3. The number of amides is 3. The van der Waals surface area contributed by atoms with Crippen molar-refractivity contribution in [1.29, 1.82) is 0 Å². The number of aromatic nitrogens is 1. The number of benzene rings is 2. The summed E-state index contributed by atoms with van der Waals surface area (Å²) < 4.78 is 38.5. The normalized spacial score (nSPS) is 11.0. The summed E-state index contributed by atoms with van der Waals surface area (Å²) in [6.07, 6.45) is 1.37. The number of halogens is 1. The van der Waals surface area contributed by atoms with Gasteiger partial charge in [0, 0.05) is 12.7 Å². The van der Waals surface area contributed by atoms with E-state index in [1.807, 2.05) is 18.6 Å². The molecule has 44 heavy (non-hydrogen) atoms. The number of methoxy groups -OCH3 is 1. The number of carboxylic acid groups (broad SMARTS) is 1. The fourth-order valence-electron chi connectivity index (χ4n) is 3.64. The summed E-state index contributed by atoms with van der Waals surface area (Å²) >= 11 is 6.11. The number of sulfonamides is 1. The predicted molar refractivity (Wildman–Crippen MR) is 160 cm³/mol. The minimum atomic E-state index is -4.30. The predicted octanol–water partition coefficient (Wildman–Crippen LogP) is 2.68. The lowest BCUT2D eigenvalue weighted by atomic mass is 10.1. The van der Waals surface area contributed by atoms with E-state index in [4.69, 9.17) is 26.2 Å². The number of pyridine rings is 1. The summed E-state index contributed by atoms with van der Waals surface area (Å²) in [7, 11) is -2.82. The van der Waals surface area contributed by atoms with Crippen LogP contribution in [0.15, 0.2) is 59.6 Å². The van der Waals surface area contributed by atoms with Gasteiger partial charge in [-0.1, -0.05) is 37.6 Å². The smallest absolute Gasteiger partial charge is 0.322 e. The third-order valence-corrected chi connectivity index (χ3v) is 7.56. The Morgan fingerprint density at radius 3 is 2.32 bits per heavy atom. The van der Waals surface area contributed by atoms with E-state index < -0.39 is 40.3 Å². The highest BCUT2D eigenvalue weighted by atomic mass is 35.5. The van der Waals surface area contributed by atoms with E-state index in [0.717, 1.165) is 17.8 Å². The van der Waals surface area contributed by atoms with Crippen molar-refractivity contribution in [3.63, 3.8) is 0 Å². The highest BCUT2D eigenvalue weighted by Crippen LogP contribution is 2.22. The van der Waals surface area contributed by atoms with E-state index >= 15 is 0 Å². The number of carbonyl (C=O) groups is 4. The molecule has 234 valence electrons. The van der Waals surface area contributed by atoms with Gasteiger partial charge in [-0.15, -0.1) is 0 Å². The van der Waals surface area contributed by atoms with Gasteiger partial charge in [0.1, 0.15) is 12.3 Å². The molecule has 0 atom stereocenters. The largest absolute Gasteiger partial charge is 0.497 e. The van der Waals surface area contributed by atoms with Crippen molar-refractivity contribution in [2.24, 2.45) is 5.92 Å². The van der Waals surface area contributed by atoms with Crippen molar-refractivity contribution in [3.8, 4) is 11.5 Å². The molecule has 13 nitrogen and oxygen atoms in total. The highest BCUT2D eigenvalue weighted by Gasteiger charge is 2.23. The molecule has 3 aromatic rings. The maximum absolute atomic E-state index is 12.9. The third-order valence-electron chi connectivity index (χ3n) is 5.88. The molecule has 4 N–H and O–H groups in total. The minimum absolute atomic E-state index is 0.0356. The topological polar surface area (TPSA) is 190 Å². The van der Waals surface area contributed by atoms with Gasteiger partial charge in [-0.25, -0.2) is 18.1 Å². The van der Waals surface area contributed by atoms with E-state index in [9.17, 15) is 27.6 Å². The SMILES string of the molecule is COc1ccc(Cl)c(C(=O)NCCc2ccc(S(=O)(=O)NC(=O)c3cnc(C(=O)NCC(=O)O)c(OCC(C)C)c3)cc2)c1. The molecule has 0 saturated heterocycles. The van der Waals surface area contributed by atoms with E-state index in [-0.39, 0.29) is 51.6 Å². The molecule has 1 aromatic heterocycles. The molecule has 0 aliphatic heterocycles. The number of ether oxygens (including phenoxy) is 2. The Kier molecular flexibility index (Phi) is 11.6. The maximum Gasteiger partial charge on any atom is 0.322 e. The van der Waals surface area contributed by atoms with Crippen molar-refractivity contribution < 1.29 is 42.2 Å². The molecular formula is C29H31ClN4O9S. The van der Waals surface area contributed by atoms with E-state index in [1.54, 1.807) is 24.3 Å². The Hall–Kier alpha value is -4.69. The lowest BCUT2D eigenvalue weighted by Crippen LogP contribution is -2.32. The van der Waals surface area contributed by atoms with Crippen LogP contribution >= 0.6 is 11.6 Å². The van der Waals surface area contributed by atoms with Crippen LogP contribution in [0, 0.1) is 5.92 Å². The van der Waals surface area contributed by atoms with Crippen LogP contribution in [0.25, 0.3) is 0 Å². The third kappa shape index (κ3) is 9.41. The molecule has 0 bridgehead atoms. The molecule has 2 aromatic carbocycles. The molecular weight excluding hydrogens is 616 g/mol. The van der Waals surface area contributed by atoms with Gasteiger partial charge in [0.2, 0.25) is 0 Å². The first-order valence-electron chi connectivity index (χ1n) is 13.2. The minimum Gasteiger partial charge on any atom is -0.497 e.